The first-order valence-electron chi connectivity index (χ1n) is 8.49. The molecular weight excluding hydrogens is 390 g/mol. The van der Waals surface area contributed by atoms with Gasteiger partial charge in [0.1, 0.15) is 11.6 Å². The van der Waals surface area contributed by atoms with Crippen LogP contribution < -0.4 is 0 Å². The Morgan fingerprint density at radius 3 is 2.21 bits per heavy atom. The van der Waals surface area contributed by atoms with E-state index < -0.39 is 45.8 Å². The van der Waals surface area contributed by atoms with Crippen LogP contribution in [0.1, 0.15) is 32.8 Å². The maximum absolute atomic E-state index is 12.7. The van der Waals surface area contributed by atoms with Gasteiger partial charge in [-0.2, -0.15) is 8.42 Å². The van der Waals surface area contributed by atoms with Crippen LogP contribution in [0.4, 0.5) is 4.79 Å². The second-order valence-electron chi connectivity index (χ2n) is 7.32. The molecule has 0 saturated carbocycles. The molecule has 1 aliphatic heterocycles. The monoisotopic (exact) mass is 413 g/mol. The van der Waals surface area contributed by atoms with Gasteiger partial charge in [-0.1, -0.05) is 17.7 Å². The summed E-state index contributed by atoms with van der Waals surface area (Å²) < 4.78 is 39.8. The zero-order valence-corrected chi connectivity index (χ0v) is 17.1. The molecule has 0 spiro atoms. The van der Waals surface area contributed by atoms with Crippen LogP contribution in [-0.4, -0.2) is 56.1 Å². The fourth-order valence-electron chi connectivity index (χ4n) is 2.58. The number of nitrogens with zero attached hydrogens (tertiary/aromatic N) is 1. The Morgan fingerprint density at radius 2 is 1.71 bits per heavy atom. The van der Waals surface area contributed by atoms with Crippen molar-refractivity contribution < 1.29 is 36.5 Å². The molecular formula is C18H23NO8S. The van der Waals surface area contributed by atoms with Gasteiger partial charge in [-0.3, -0.25) is 8.98 Å². The number of amides is 2. The van der Waals surface area contributed by atoms with E-state index in [0.29, 0.717) is 4.90 Å². The number of likely N-dealkylation sites (tertiary alicyclic amines) is 1. The first-order chi connectivity index (χ1) is 12.9. The molecule has 2 atom stereocenters. The van der Waals surface area contributed by atoms with Gasteiger partial charge < -0.3 is 9.47 Å². The average Bonchev–Trinajstić information content (AvgIpc) is 2.89. The standard InChI is InChI=1S/C18H23NO8S/c1-11-6-8-12(9-7-11)28(23,24)27-14-10-13(16(21)25-5)19(15(14)20)17(22)26-18(2,3)4/h6-9,13-14H,10H2,1-5H3/t13-,14+/m0/s1. The van der Waals surface area contributed by atoms with E-state index >= 15 is 0 Å². The second-order valence-corrected chi connectivity index (χ2v) is 8.89. The lowest BCUT2D eigenvalue weighted by molar-refractivity contribution is -0.149. The Kier molecular flexibility index (Phi) is 6.15. The molecule has 154 valence electrons. The molecule has 10 heteroatoms. The van der Waals surface area contributed by atoms with Crippen LogP contribution in [0, 0.1) is 6.92 Å². The number of imide groups is 1. The van der Waals surface area contributed by atoms with Crippen molar-refractivity contribution in [2.45, 2.75) is 56.8 Å². The smallest absolute Gasteiger partial charge is 0.417 e. The molecule has 2 rings (SSSR count). The summed E-state index contributed by atoms with van der Waals surface area (Å²) in [5.74, 6) is -1.86. The highest BCUT2D eigenvalue weighted by atomic mass is 32.2. The Labute approximate surface area is 163 Å². The molecule has 1 fully saturated rings. The number of methoxy groups -OCH3 is 1. The highest BCUT2D eigenvalue weighted by molar-refractivity contribution is 7.86. The Bertz CT molecular complexity index is 870. The molecule has 9 nitrogen and oxygen atoms in total. The van der Waals surface area contributed by atoms with Gasteiger partial charge in [0.2, 0.25) is 0 Å². The maximum Gasteiger partial charge on any atom is 0.417 e. The lowest BCUT2D eigenvalue weighted by atomic mass is 10.2. The van der Waals surface area contributed by atoms with Crippen molar-refractivity contribution in [2.75, 3.05) is 7.11 Å². The third kappa shape index (κ3) is 4.87. The first-order valence-corrected chi connectivity index (χ1v) is 9.90. The number of hydrogen-bond donors (Lipinski definition) is 0. The van der Waals surface area contributed by atoms with Crippen LogP contribution in [0.15, 0.2) is 29.2 Å². The minimum Gasteiger partial charge on any atom is -0.467 e. The van der Waals surface area contributed by atoms with Crippen molar-refractivity contribution in [1.29, 1.82) is 0 Å². The summed E-state index contributed by atoms with van der Waals surface area (Å²) >= 11 is 0. The zero-order valence-electron chi connectivity index (χ0n) is 16.3. The van der Waals surface area contributed by atoms with Crippen LogP contribution in [0.5, 0.6) is 0 Å². The lowest BCUT2D eigenvalue weighted by Crippen LogP contribution is -2.46. The van der Waals surface area contributed by atoms with Crippen molar-refractivity contribution in [3.63, 3.8) is 0 Å². The molecule has 2 amide bonds. The minimum absolute atomic E-state index is 0.142. The molecule has 1 aliphatic rings. The van der Waals surface area contributed by atoms with Gasteiger partial charge >= 0.3 is 12.1 Å². The normalized spacial score (nSPS) is 20.2. The van der Waals surface area contributed by atoms with Gasteiger partial charge in [0.15, 0.2) is 6.10 Å². The quantitative estimate of drug-likeness (QED) is 0.542. The summed E-state index contributed by atoms with van der Waals surface area (Å²) in [4.78, 5) is 37.5. The largest absolute Gasteiger partial charge is 0.467 e. The molecule has 0 radical (unpaired) electrons. The van der Waals surface area contributed by atoms with E-state index in [1.54, 1.807) is 39.8 Å². The van der Waals surface area contributed by atoms with Gasteiger partial charge in [-0.25, -0.2) is 14.5 Å². The van der Waals surface area contributed by atoms with E-state index in [1.165, 1.54) is 12.1 Å². The fraction of sp³-hybridized carbons (Fsp3) is 0.500. The maximum atomic E-state index is 12.7. The Balaban J connectivity index is 2.28. The van der Waals surface area contributed by atoms with E-state index in [0.717, 1.165) is 12.7 Å². The molecule has 0 unspecified atom stereocenters. The molecule has 1 heterocycles. The van der Waals surface area contributed by atoms with E-state index in [-0.39, 0.29) is 11.3 Å². The highest BCUT2D eigenvalue weighted by Gasteiger charge is 2.51. The Morgan fingerprint density at radius 1 is 1.14 bits per heavy atom. The number of carbonyl (C=O) groups is 3. The average molecular weight is 413 g/mol. The van der Waals surface area contributed by atoms with Gasteiger partial charge in [0, 0.05) is 6.42 Å². The number of ether oxygens (including phenoxy) is 2. The number of esters is 1. The van der Waals surface area contributed by atoms with E-state index in [1.807, 2.05) is 0 Å². The molecule has 0 N–H and O–H groups in total. The molecule has 0 bridgehead atoms. The fourth-order valence-corrected chi connectivity index (χ4v) is 3.62. The molecule has 1 aromatic carbocycles. The van der Waals surface area contributed by atoms with Crippen LogP contribution in [0.25, 0.3) is 0 Å². The second kappa shape index (κ2) is 7.88. The SMILES string of the molecule is COC(=O)[C@@H]1C[C@@H](OS(=O)(=O)c2ccc(C)cc2)C(=O)N1C(=O)OC(C)(C)C. The minimum atomic E-state index is -4.29. The van der Waals surface area contributed by atoms with Crippen LogP contribution in [0.2, 0.25) is 0 Å². The third-order valence-corrected chi connectivity index (χ3v) is 5.21. The number of aryl methyl sites for hydroxylation is 1. The van der Waals surface area contributed by atoms with Gasteiger partial charge in [0.25, 0.3) is 16.0 Å². The van der Waals surface area contributed by atoms with Crippen molar-refractivity contribution in [1.82, 2.24) is 4.90 Å². The zero-order chi connectivity index (χ0) is 21.3. The topological polar surface area (TPSA) is 116 Å². The van der Waals surface area contributed by atoms with E-state index in [2.05, 4.69) is 4.74 Å². The van der Waals surface area contributed by atoms with Crippen molar-refractivity contribution >= 4 is 28.1 Å². The summed E-state index contributed by atoms with van der Waals surface area (Å²) in [6, 6.07) is 4.50. The first kappa shape index (κ1) is 21.8. The molecule has 28 heavy (non-hydrogen) atoms. The van der Waals surface area contributed by atoms with Gasteiger partial charge in [-0.15, -0.1) is 0 Å². The van der Waals surface area contributed by atoms with Crippen molar-refractivity contribution in [2.24, 2.45) is 0 Å². The summed E-state index contributed by atoms with van der Waals surface area (Å²) in [7, 11) is -3.19. The van der Waals surface area contributed by atoms with Crippen molar-refractivity contribution in [3.05, 3.63) is 29.8 Å². The van der Waals surface area contributed by atoms with E-state index in [9.17, 15) is 22.8 Å². The predicted octanol–water partition coefficient (Wildman–Crippen LogP) is 1.78. The summed E-state index contributed by atoms with van der Waals surface area (Å²) in [6.45, 7) is 6.56. The van der Waals surface area contributed by atoms with Crippen LogP contribution in [-0.2, 0) is 33.4 Å². The molecule has 1 aromatic rings. The highest BCUT2D eigenvalue weighted by Crippen LogP contribution is 2.28. The van der Waals surface area contributed by atoms with Gasteiger partial charge in [0.05, 0.1) is 12.0 Å². The van der Waals surface area contributed by atoms with Crippen molar-refractivity contribution in [3.8, 4) is 0 Å². The number of carbonyl (C=O) groups excluding carboxylic acids is 3. The van der Waals surface area contributed by atoms with Crippen LogP contribution >= 0.6 is 0 Å². The summed E-state index contributed by atoms with van der Waals surface area (Å²) in [5.41, 5.74) is -0.0805. The third-order valence-electron chi connectivity index (χ3n) is 3.88. The van der Waals surface area contributed by atoms with Crippen LogP contribution in [0.3, 0.4) is 0 Å². The summed E-state index contributed by atoms with van der Waals surface area (Å²) in [6.07, 6.45) is -3.00. The molecule has 1 saturated heterocycles. The van der Waals surface area contributed by atoms with Gasteiger partial charge in [-0.05, 0) is 39.8 Å². The van der Waals surface area contributed by atoms with E-state index in [4.69, 9.17) is 8.92 Å². The predicted molar refractivity (Wildman–Crippen MR) is 96.7 cm³/mol. The number of rotatable bonds is 4. The Hall–Kier alpha value is -2.46. The summed E-state index contributed by atoms with van der Waals surface area (Å²) in [5, 5.41) is 0. The number of benzene rings is 1. The lowest BCUT2D eigenvalue weighted by Gasteiger charge is -2.26. The molecule has 0 aliphatic carbocycles. The number of hydrogen-bond acceptors (Lipinski definition) is 8. The molecule has 0 aromatic heterocycles.